The van der Waals surface area contributed by atoms with Gasteiger partial charge in [0, 0.05) is 12.6 Å². The molecule has 1 aromatic heterocycles. The molecule has 1 saturated carbocycles. The second-order valence-corrected chi connectivity index (χ2v) is 6.03. The third-order valence-electron chi connectivity index (χ3n) is 4.60. The van der Waals surface area contributed by atoms with Gasteiger partial charge < -0.3 is 14.6 Å². The average molecular weight is 276 g/mol. The molecule has 110 valence electrons. The monoisotopic (exact) mass is 276 g/mol. The Kier molecular flexibility index (Phi) is 4.41. The Morgan fingerprint density at radius 2 is 2.15 bits per heavy atom. The number of nitrogens with zero attached hydrogens (tertiary/aromatic N) is 1. The Morgan fingerprint density at radius 3 is 2.80 bits per heavy atom. The number of carbonyl (C=O) groups excluding carboxylic acids is 1. The zero-order valence-corrected chi connectivity index (χ0v) is 12.0. The molecule has 0 bridgehead atoms. The van der Waals surface area contributed by atoms with Gasteiger partial charge in [0.1, 0.15) is 5.76 Å². The van der Waals surface area contributed by atoms with Gasteiger partial charge in [0.25, 0.3) is 0 Å². The van der Waals surface area contributed by atoms with E-state index in [0.29, 0.717) is 18.5 Å². The van der Waals surface area contributed by atoms with Gasteiger partial charge in [-0.15, -0.1) is 0 Å². The van der Waals surface area contributed by atoms with E-state index in [4.69, 9.17) is 4.42 Å². The van der Waals surface area contributed by atoms with Crippen molar-refractivity contribution in [1.29, 1.82) is 0 Å². The molecule has 4 nitrogen and oxygen atoms in total. The molecule has 20 heavy (non-hydrogen) atoms. The minimum Gasteiger partial charge on any atom is -0.467 e. The van der Waals surface area contributed by atoms with Crippen LogP contribution in [-0.2, 0) is 11.3 Å². The quantitative estimate of drug-likeness (QED) is 0.919. The predicted octanol–water partition coefficient (Wildman–Crippen LogP) is 2.55. The molecule has 1 N–H and O–H groups in total. The van der Waals surface area contributed by atoms with E-state index >= 15 is 0 Å². The lowest BCUT2D eigenvalue weighted by molar-refractivity contribution is -0.139. The van der Waals surface area contributed by atoms with E-state index in [2.05, 4.69) is 10.2 Å². The van der Waals surface area contributed by atoms with Gasteiger partial charge in [-0.1, -0.05) is 12.8 Å². The van der Waals surface area contributed by atoms with Gasteiger partial charge in [-0.05, 0) is 44.4 Å². The van der Waals surface area contributed by atoms with Crippen LogP contribution in [0.15, 0.2) is 22.8 Å². The zero-order valence-electron chi connectivity index (χ0n) is 12.0. The summed E-state index contributed by atoms with van der Waals surface area (Å²) in [6, 6.07) is 4.28. The Morgan fingerprint density at radius 1 is 1.30 bits per heavy atom. The molecule has 1 aromatic rings. The van der Waals surface area contributed by atoms with Gasteiger partial charge in [0.2, 0.25) is 5.91 Å². The first-order chi connectivity index (χ1) is 9.84. The fourth-order valence-corrected chi connectivity index (χ4v) is 3.47. The smallest absolute Gasteiger partial charge is 0.227 e. The Balaban J connectivity index is 1.71. The van der Waals surface area contributed by atoms with Crippen LogP contribution in [0.25, 0.3) is 0 Å². The van der Waals surface area contributed by atoms with Crippen LogP contribution in [0.2, 0.25) is 0 Å². The lowest BCUT2D eigenvalue weighted by Crippen LogP contribution is -2.46. The molecule has 1 aliphatic heterocycles. The second kappa shape index (κ2) is 6.44. The molecular weight excluding hydrogens is 252 g/mol. The Bertz CT molecular complexity index is 418. The highest BCUT2D eigenvalue weighted by molar-refractivity contribution is 5.79. The van der Waals surface area contributed by atoms with E-state index in [1.54, 1.807) is 6.26 Å². The Hall–Kier alpha value is -1.29. The number of carbonyl (C=O) groups is 1. The molecule has 1 aliphatic carbocycles. The molecule has 0 unspecified atom stereocenters. The van der Waals surface area contributed by atoms with Crippen LogP contribution in [0.1, 0.15) is 44.3 Å². The van der Waals surface area contributed by atoms with Gasteiger partial charge in [-0.25, -0.2) is 0 Å². The van der Waals surface area contributed by atoms with Gasteiger partial charge in [0.05, 0.1) is 18.7 Å². The summed E-state index contributed by atoms with van der Waals surface area (Å²) < 4.78 is 5.45. The van der Waals surface area contributed by atoms with E-state index in [9.17, 15) is 4.79 Å². The van der Waals surface area contributed by atoms with E-state index < -0.39 is 0 Å². The van der Waals surface area contributed by atoms with Gasteiger partial charge >= 0.3 is 0 Å². The molecule has 0 radical (unpaired) electrons. The highest BCUT2D eigenvalue weighted by atomic mass is 16.3. The molecule has 3 rings (SSSR count). The molecule has 2 aliphatic rings. The lowest BCUT2D eigenvalue weighted by Gasteiger charge is -2.33. The maximum absolute atomic E-state index is 12.9. The van der Waals surface area contributed by atoms with Crippen LogP contribution < -0.4 is 5.32 Å². The molecule has 2 heterocycles. The molecule has 4 heteroatoms. The zero-order chi connectivity index (χ0) is 13.8. The predicted molar refractivity (Wildman–Crippen MR) is 77.1 cm³/mol. The first-order valence-electron chi connectivity index (χ1n) is 7.88. The maximum Gasteiger partial charge on any atom is 0.227 e. The summed E-state index contributed by atoms with van der Waals surface area (Å²) in [5, 5.41) is 3.35. The molecule has 0 aromatic carbocycles. The topological polar surface area (TPSA) is 45.5 Å². The van der Waals surface area contributed by atoms with Crippen molar-refractivity contribution in [2.24, 2.45) is 5.92 Å². The minimum absolute atomic E-state index is 0.152. The molecule has 2 fully saturated rings. The third kappa shape index (κ3) is 3.06. The van der Waals surface area contributed by atoms with Crippen LogP contribution >= 0.6 is 0 Å². The highest BCUT2D eigenvalue weighted by Gasteiger charge is 2.32. The molecule has 1 atom stereocenters. The van der Waals surface area contributed by atoms with Crippen molar-refractivity contribution in [3.05, 3.63) is 24.2 Å². The van der Waals surface area contributed by atoms with Gasteiger partial charge in [0.15, 0.2) is 0 Å². The number of rotatable bonds is 4. The molecule has 1 saturated heterocycles. The van der Waals surface area contributed by atoms with Crippen LogP contribution in [0.3, 0.4) is 0 Å². The van der Waals surface area contributed by atoms with Crippen molar-refractivity contribution < 1.29 is 9.21 Å². The third-order valence-corrected chi connectivity index (χ3v) is 4.60. The van der Waals surface area contributed by atoms with Crippen molar-refractivity contribution in [2.45, 2.75) is 51.1 Å². The summed E-state index contributed by atoms with van der Waals surface area (Å²) in [4.78, 5) is 14.9. The number of hydrogen-bond acceptors (Lipinski definition) is 3. The first-order valence-corrected chi connectivity index (χ1v) is 7.88. The van der Waals surface area contributed by atoms with Crippen LogP contribution in [0.4, 0.5) is 0 Å². The van der Waals surface area contributed by atoms with Crippen molar-refractivity contribution in [2.75, 3.05) is 13.1 Å². The number of piperidine rings is 1. The van der Waals surface area contributed by atoms with Crippen molar-refractivity contribution in [3.8, 4) is 0 Å². The largest absolute Gasteiger partial charge is 0.467 e. The van der Waals surface area contributed by atoms with Crippen molar-refractivity contribution in [1.82, 2.24) is 10.2 Å². The second-order valence-electron chi connectivity index (χ2n) is 6.03. The van der Waals surface area contributed by atoms with E-state index in [0.717, 1.165) is 44.5 Å². The van der Waals surface area contributed by atoms with Crippen LogP contribution in [-0.4, -0.2) is 29.9 Å². The minimum atomic E-state index is 0.152. The average Bonchev–Trinajstić information content (AvgIpc) is 3.18. The highest BCUT2D eigenvalue weighted by Crippen LogP contribution is 2.27. The van der Waals surface area contributed by atoms with E-state index in [1.165, 1.54) is 12.8 Å². The lowest BCUT2D eigenvalue weighted by atomic mass is 9.97. The summed E-state index contributed by atoms with van der Waals surface area (Å²) >= 11 is 0. The number of hydrogen-bond donors (Lipinski definition) is 1. The first kappa shape index (κ1) is 13.7. The van der Waals surface area contributed by atoms with Crippen molar-refractivity contribution in [3.63, 3.8) is 0 Å². The van der Waals surface area contributed by atoms with Crippen LogP contribution in [0.5, 0.6) is 0 Å². The molecule has 0 spiro atoms. The number of amides is 1. The van der Waals surface area contributed by atoms with Gasteiger partial charge in [-0.2, -0.15) is 0 Å². The summed E-state index contributed by atoms with van der Waals surface area (Å²) in [6.07, 6.45) is 8.60. The fourth-order valence-electron chi connectivity index (χ4n) is 3.47. The van der Waals surface area contributed by atoms with E-state index in [1.807, 2.05) is 12.1 Å². The summed E-state index contributed by atoms with van der Waals surface area (Å²) in [5.74, 6) is 1.37. The van der Waals surface area contributed by atoms with Crippen LogP contribution in [0, 0.1) is 5.92 Å². The summed E-state index contributed by atoms with van der Waals surface area (Å²) in [6.45, 7) is 2.51. The summed E-state index contributed by atoms with van der Waals surface area (Å²) in [7, 11) is 0. The SMILES string of the molecule is O=C([C@@H]1CCCNC1)N(Cc1ccco1)C1CCCC1. The molecule has 1 amide bonds. The standard InChI is InChI=1S/C16H24N2O2/c19-16(13-5-3-9-17-11-13)18(14-6-1-2-7-14)12-15-8-4-10-20-15/h4,8,10,13-14,17H,1-3,5-7,9,11-12H2/t13-/m1/s1. The van der Waals surface area contributed by atoms with Crippen molar-refractivity contribution >= 4 is 5.91 Å². The fraction of sp³-hybridized carbons (Fsp3) is 0.688. The number of furan rings is 1. The maximum atomic E-state index is 12.9. The molecular formula is C16H24N2O2. The summed E-state index contributed by atoms with van der Waals surface area (Å²) in [5.41, 5.74) is 0. The normalized spacial score (nSPS) is 23.9. The van der Waals surface area contributed by atoms with E-state index in [-0.39, 0.29) is 5.92 Å². The van der Waals surface area contributed by atoms with Gasteiger partial charge in [-0.3, -0.25) is 4.79 Å². The number of nitrogens with one attached hydrogen (secondary N) is 1. The Labute approximate surface area is 120 Å².